The molecule has 10 N–H and O–H groups in total. The zero-order valence-electron chi connectivity index (χ0n) is 19.5. The Balaban J connectivity index is 2.19. The van der Waals surface area contributed by atoms with Crippen LogP contribution >= 0.6 is 0 Å². The Kier molecular flexibility index (Phi) is 10.8. The molecule has 35 heavy (non-hydrogen) atoms. The maximum atomic E-state index is 13.2. The molecule has 0 aliphatic rings. The van der Waals surface area contributed by atoms with Crippen LogP contribution in [0.25, 0.3) is 0 Å². The third-order valence-electron chi connectivity index (χ3n) is 5.20. The number of aromatic nitrogens is 4. The van der Waals surface area contributed by atoms with Gasteiger partial charge in [-0.2, -0.15) is 0 Å². The largest absolute Gasteiger partial charge is 0.480 e. The maximum Gasteiger partial charge on any atom is 0.326 e. The predicted molar refractivity (Wildman–Crippen MR) is 125 cm³/mol. The summed E-state index contributed by atoms with van der Waals surface area (Å²) >= 11 is 0. The molecule has 0 aliphatic carbocycles. The number of nitrogens with two attached hydrogens (primary N) is 2. The smallest absolute Gasteiger partial charge is 0.326 e. The van der Waals surface area contributed by atoms with Crippen LogP contribution in [0, 0.1) is 0 Å². The van der Waals surface area contributed by atoms with Crippen molar-refractivity contribution >= 4 is 23.7 Å². The van der Waals surface area contributed by atoms with Crippen LogP contribution in [0.3, 0.4) is 0 Å². The first-order valence-electron chi connectivity index (χ1n) is 11.2. The third kappa shape index (κ3) is 9.17. The number of nitrogens with zero attached hydrogens (tertiary/aromatic N) is 2. The standard InChI is InChI=1S/C21H33N9O5/c1-12(23)18(31)29-16(6-13-8-24-10-26-13)20(33)30-17(7-14-9-25-11-27-14)19(32)28-15(21(34)35)4-2-3-5-22/h8-12,15-17H,2-7,22-23H2,1H3,(H,24,26)(H,25,27)(H,28,32)(H,29,31)(H,30,33)(H,34,35). The highest BCUT2D eigenvalue weighted by molar-refractivity contribution is 5.94. The van der Waals surface area contributed by atoms with Crippen LogP contribution < -0.4 is 27.4 Å². The second-order valence-corrected chi connectivity index (χ2v) is 8.16. The van der Waals surface area contributed by atoms with Gasteiger partial charge in [0.15, 0.2) is 0 Å². The topological polar surface area (TPSA) is 234 Å². The molecule has 0 spiro atoms. The van der Waals surface area contributed by atoms with E-state index in [1.165, 1.54) is 32.0 Å². The van der Waals surface area contributed by atoms with E-state index in [0.29, 0.717) is 30.8 Å². The van der Waals surface area contributed by atoms with Gasteiger partial charge >= 0.3 is 5.97 Å². The van der Waals surface area contributed by atoms with E-state index in [1.807, 2.05) is 0 Å². The summed E-state index contributed by atoms with van der Waals surface area (Å²) in [6.45, 7) is 1.88. The lowest BCUT2D eigenvalue weighted by Gasteiger charge is -2.24. The number of carbonyl (C=O) groups is 4. The summed E-state index contributed by atoms with van der Waals surface area (Å²) < 4.78 is 0. The van der Waals surface area contributed by atoms with Crippen molar-refractivity contribution in [3.8, 4) is 0 Å². The Hall–Kier alpha value is -3.78. The Morgan fingerprint density at radius 3 is 1.77 bits per heavy atom. The minimum atomic E-state index is -1.19. The molecule has 2 aromatic rings. The Morgan fingerprint density at radius 2 is 1.37 bits per heavy atom. The number of hydrogen-bond acceptors (Lipinski definition) is 8. The van der Waals surface area contributed by atoms with Crippen molar-refractivity contribution in [3.63, 3.8) is 0 Å². The minimum Gasteiger partial charge on any atom is -0.480 e. The predicted octanol–water partition coefficient (Wildman–Crippen LogP) is -2.07. The first-order valence-corrected chi connectivity index (χ1v) is 11.2. The molecule has 0 aromatic carbocycles. The molecule has 3 amide bonds. The fourth-order valence-electron chi connectivity index (χ4n) is 3.25. The van der Waals surface area contributed by atoms with Gasteiger partial charge in [0.1, 0.15) is 18.1 Å². The number of amides is 3. The summed E-state index contributed by atoms with van der Waals surface area (Å²) in [4.78, 5) is 63.6. The SMILES string of the molecule is CC(N)C(=O)NC(Cc1cnc[nH]1)C(=O)NC(Cc1cnc[nH]1)C(=O)NC(CCCCN)C(=O)O. The molecule has 0 fully saturated rings. The van der Waals surface area contributed by atoms with Crippen molar-refractivity contribution < 1.29 is 24.3 Å². The van der Waals surface area contributed by atoms with Gasteiger partial charge in [0.25, 0.3) is 0 Å². The number of aliphatic carboxylic acids is 1. The summed E-state index contributed by atoms with van der Waals surface area (Å²) in [5, 5.41) is 17.2. The van der Waals surface area contributed by atoms with Crippen LogP contribution in [0.1, 0.15) is 37.6 Å². The van der Waals surface area contributed by atoms with E-state index in [0.717, 1.165) is 0 Å². The average Bonchev–Trinajstić information content (AvgIpc) is 3.51. The first kappa shape index (κ1) is 27.5. The number of carboxylic acids is 1. The molecule has 192 valence electrons. The monoisotopic (exact) mass is 491 g/mol. The van der Waals surface area contributed by atoms with Gasteiger partial charge < -0.3 is 42.5 Å². The summed E-state index contributed by atoms with van der Waals surface area (Å²) in [6.07, 6.45) is 7.25. The molecule has 0 saturated carbocycles. The van der Waals surface area contributed by atoms with Gasteiger partial charge in [-0.15, -0.1) is 0 Å². The Bertz CT molecular complexity index is 947. The van der Waals surface area contributed by atoms with Crippen LogP contribution in [0.4, 0.5) is 0 Å². The maximum absolute atomic E-state index is 13.2. The number of carboxylic acid groups (broad SMARTS) is 1. The third-order valence-corrected chi connectivity index (χ3v) is 5.20. The molecule has 0 bridgehead atoms. The van der Waals surface area contributed by atoms with Crippen molar-refractivity contribution in [2.75, 3.05) is 6.54 Å². The van der Waals surface area contributed by atoms with Crippen molar-refractivity contribution in [2.45, 2.75) is 63.2 Å². The van der Waals surface area contributed by atoms with E-state index in [-0.39, 0.29) is 19.3 Å². The second-order valence-electron chi connectivity index (χ2n) is 8.16. The fraction of sp³-hybridized carbons (Fsp3) is 0.524. The van der Waals surface area contributed by atoms with Gasteiger partial charge in [0.2, 0.25) is 17.7 Å². The molecule has 2 rings (SSSR count). The van der Waals surface area contributed by atoms with Gasteiger partial charge in [0, 0.05) is 36.6 Å². The van der Waals surface area contributed by atoms with E-state index in [4.69, 9.17) is 11.5 Å². The van der Waals surface area contributed by atoms with Crippen LogP contribution in [-0.4, -0.2) is 79.4 Å². The minimum absolute atomic E-state index is 0.0186. The molecule has 2 heterocycles. The van der Waals surface area contributed by atoms with Crippen LogP contribution in [-0.2, 0) is 32.0 Å². The van der Waals surface area contributed by atoms with Gasteiger partial charge in [-0.05, 0) is 32.7 Å². The van der Waals surface area contributed by atoms with Gasteiger partial charge in [-0.3, -0.25) is 14.4 Å². The highest BCUT2D eigenvalue weighted by atomic mass is 16.4. The molecule has 4 atom stereocenters. The van der Waals surface area contributed by atoms with Crippen LogP contribution in [0.5, 0.6) is 0 Å². The van der Waals surface area contributed by atoms with Crippen molar-refractivity contribution in [3.05, 3.63) is 36.4 Å². The van der Waals surface area contributed by atoms with Crippen molar-refractivity contribution in [1.29, 1.82) is 0 Å². The fourth-order valence-corrected chi connectivity index (χ4v) is 3.25. The zero-order chi connectivity index (χ0) is 25.8. The number of aromatic amines is 2. The molecular weight excluding hydrogens is 458 g/mol. The normalized spacial score (nSPS) is 14.4. The number of imidazole rings is 2. The summed E-state index contributed by atoms with van der Waals surface area (Å²) in [6, 6.07) is -4.21. The molecule has 14 nitrogen and oxygen atoms in total. The van der Waals surface area contributed by atoms with Gasteiger partial charge in [0.05, 0.1) is 18.7 Å². The van der Waals surface area contributed by atoms with Gasteiger partial charge in [-0.1, -0.05) is 0 Å². The molecule has 0 radical (unpaired) electrons. The molecule has 2 aromatic heterocycles. The summed E-state index contributed by atoms with van der Waals surface area (Å²) in [5.41, 5.74) is 12.2. The lowest BCUT2D eigenvalue weighted by molar-refractivity contribution is -0.142. The highest BCUT2D eigenvalue weighted by Gasteiger charge is 2.30. The quantitative estimate of drug-likeness (QED) is 0.128. The van der Waals surface area contributed by atoms with E-state index >= 15 is 0 Å². The first-order chi connectivity index (χ1) is 16.7. The number of H-pyrrole nitrogens is 2. The van der Waals surface area contributed by atoms with E-state index in [1.54, 1.807) is 0 Å². The average molecular weight is 492 g/mol. The zero-order valence-corrected chi connectivity index (χ0v) is 19.5. The molecule has 0 saturated heterocycles. The number of nitrogens with one attached hydrogen (secondary N) is 5. The molecular formula is C21H33N9O5. The van der Waals surface area contributed by atoms with E-state index in [2.05, 4.69) is 35.9 Å². The molecule has 0 aliphatic heterocycles. The Labute approximate surface area is 202 Å². The van der Waals surface area contributed by atoms with Crippen molar-refractivity contribution in [2.24, 2.45) is 11.5 Å². The summed E-state index contributed by atoms with van der Waals surface area (Å²) in [7, 11) is 0. The highest BCUT2D eigenvalue weighted by Crippen LogP contribution is 2.06. The van der Waals surface area contributed by atoms with Crippen molar-refractivity contribution in [1.82, 2.24) is 35.9 Å². The summed E-state index contributed by atoms with van der Waals surface area (Å²) in [5.74, 6) is -3.08. The van der Waals surface area contributed by atoms with Crippen LogP contribution in [0.2, 0.25) is 0 Å². The van der Waals surface area contributed by atoms with Gasteiger partial charge in [-0.25, -0.2) is 14.8 Å². The Morgan fingerprint density at radius 1 is 0.886 bits per heavy atom. The number of hydrogen-bond donors (Lipinski definition) is 8. The lowest BCUT2D eigenvalue weighted by atomic mass is 10.1. The second kappa shape index (κ2) is 13.8. The molecule has 4 unspecified atom stereocenters. The number of unbranched alkanes of at least 4 members (excludes halogenated alkanes) is 1. The number of rotatable bonds is 15. The van der Waals surface area contributed by atoms with Crippen LogP contribution in [0.15, 0.2) is 25.0 Å². The lowest BCUT2D eigenvalue weighted by Crippen LogP contribution is -2.58. The van der Waals surface area contributed by atoms with E-state index < -0.39 is 47.9 Å². The number of carbonyl (C=O) groups excluding carboxylic acids is 3. The molecule has 14 heteroatoms. The van der Waals surface area contributed by atoms with E-state index in [9.17, 15) is 24.3 Å².